The Morgan fingerprint density at radius 3 is 2.24 bits per heavy atom. The van der Waals surface area contributed by atoms with Crippen LogP contribution in [0.15, 0.2) is 64.4 Å². The molecule has 0 radical (unpaired) electrons. The molecule has 0 spiro atoms. The lowest BCUT2D eigenvalue weighted by Gasteiger charge is -2.16. The highest BCUT2D eigenvalue weighted by atomic mass is 32.7. The molecule has 0 heterocycles. The van der Waals surface area contributed by atoms with E-state index in [4.69, 9.17) is 9.05 Å². The van der Waals surface area contributed by atoms with Gasteiger partial charge in [0.25, 0.3) is 0 Å². The van der Waals surface area contributed by atoms with E-state index >= 15 is 0 Å². The van der Waals surface area contributed by atoms with Crippen molar-refractivity contribution in [2.45, 2.75) is 42.4 Å². The minimum Gasteiger partial charge on any atom is -0.417 e. The van der Waals surface area contributed by atoms with Crippen LogP contribution in [0.25, 0.3) is 0 Å². The Hall–Kier alpha value is -0.870. The van der Waals surface area contributed by atoms with Crippen molar-refractivity contribution >= 4 is 29.9 Å². The molecule has 0 aliphatic rings. The first kappa shape index (κ1) is 20.4. The summed E-state index contributed by atoms with van der Waals surface area (Å²) in [4.78, 5) is 2.29. The predicted molar refractivity (Wildman–Crippen MR) is 109 cm³/mol. The molecule has 0 aromatic heterocycles. The lowest BCUT2D eigenvalue weighted by molar-refractivity contribution is 0.342. The highest BCUT2D eigenvalue weighted by molar-refractivity contribution is 8.55. The maximum Gasteiger partial charge on any atom is 0.439 e. The molecule has 0 amide bonds. The molecular weight excluding hydrogens is 371 g/mol. The van der Waals surface area contributed by atoms with E-state index in [0.717, 1.165) is 23.5 Å². The summed E-state index contributed by atoms with van der Waals surface area (Å²) >= 11 is 2.96. The Morgan fingerprint density at radius 2 is 1.60 bits per heavy atom. The highest BCUT2D eigenvalue weighted by Gasteiger charge is 2.25. The standard InChI is InChI=1S/C19H25O3PS2/c1-3-4-5-9-16-24-23(20,21-2)22-17-12-14-19(15-13-17)25-18-10-7-6-8-11-18/h6-8,10-15H,3-5,9,16H2,1-2H3. The molecule has 0 N–H and O–H groups in total. The van der Waals surface area contributed by atoms with E-state index < -0.39 is 6.80 Å². The van der Waals surface area contributed by atoms with Gasteiger partial charge in [-0.05, 0) is 54.2 Å². The van der Waals surface area contributed by atoms with Gasteiger partial charge in [0, 0.05) is 22.7 Å². The normalized spacial score (nSPS) is 13.4. The Morgan fingerprint density at radius 1 is 0.920 bits per heavy atom. The lowest BCUT2D eigenvalue weighted by Crippen LogP contribution is -1.93. The van der Waals surface area contributed by atoms with Crippen molar-refractivity contribution in [2.75, 3.05) is 12.9 Å². The van der Waals surface area contributed by atoms with Gasteiger partial charge in [0.1, 0.15) is 5.75 Å². The molecule has 6 heteroatoms. The fraction of sp³-hybridized carbons (Fsp3) is 0.368. The molecule has 1 unspecified atom stereocenters. The van der Waals surface area contributed by atoms with Crippen LogP contribution in [-0.4, -0.2) is 12.9 Å². The van der Waals surface area contributed by atoms with E-state index in [2.05, 4.69) is 19.1 Å². The quantitative estimate of drug-likeness (QED) is 0.294. The summed E-state index contributed by atoms with van der Waals surface area (Å²) in [7, 11) is 1.44. The first-order valence-electron chi connectivity index (χ1n) is 8.48. The summed E-state index contributed by atoms with van der Waals surface area (Å²) in [6.07, 6.45) is 4.58. The maximum atomic E-state index is 12.7. The topological polar surface area (TPSA) is 35.5 Å². The van der Waals surface area contributed by atoms with Crippen LogP contribution in [-0.2, 0) is 9.09 Å². The molecule has 0 fully saturated rings. The molecule has 3 nitrogen and oxygen atoms in total. The summed E-state index contributed by atoms with van der Waals surface area (Å²) < 4.78 is 23.5. The van der Waals surface area contributed by atoms with Crippen molar-refractivity contribution in [1.29, 1.82) is 0 Å². The molecule has 0 aliphatic heterocycles. The minimum absolute atomic E-state index is 0.573. The SMILES string of the molecule is CCCCCCSP(=O)(OC)Oc1ccc(Sc2ccccc2)cc1. The average Bonchev–Trinajstić information content (AvgIpc) is 2.64. The van der Waals surface area contributed by atoms with Gasteiger partial charge in [-0.25, -0.2) is 4.57 Å². The Kier molecular flexibility index (Phi) is 8.97. The zero-order chi connectivity index (χ0) is 18.0. The highest BCUT2D eigenvalue weighted by Crippen LogP contribution is 2.59. The van der Waals surface area contributed by atoms with Crippen LogP contribution in [0.2, 0.25) is 0 Å². The number of hydrogen-bond acceptors (Lipinski definition) is 5. The van der Waals surface area contributed by atoms with Gasteiger partial charge in [-0.2, -0.15) is 0 Å². The molecule has 136 valence electrons. The van der Waals surface area contributed by atoms with Gasteiger partial charge in [-0.1, -0.05) is 56.1 Å². The van der Waals surface area contributed by atoms with Crippen LogP contribution >= 0.6 is 29.9 Å². The Bertz CT molecular complexity index is 662. The average molecular weight is 397 g/mol. The molecule has 0 saturated carbocycles. The zero-order valence-electron chi connectivity index (χ0n) is 14.7. The summed E-state index contributed by atoms with van der Waals surface area (Å²) in [5, 5.41) is 0. The first-order valence-corrected chi connectivity index (χ1v) is 12.4. The molecule has 25 heavy (non-hydrogen) atoms. The maximum absolute atomic E-state index is 12.7. The van der Waals surface area contributed by atoms with Gasteiger partial charge < -0.3 is 4.52 Å². The van der Waals surface area contributed by atoms with E-state index in [-0.39, 0.29) is 0 Å². The predicted octanol–water partition coefficient (Wildman–Crippen LogP) is 7.28. The monoisotopic (exact) mass is 396 g/mol. The third kappa shape index (κ3) is 7.49. The number of hydrogen-bond donors (Lipinski definition) is 0. The van der Waals surface area contributed by atoms with E-state index in [9.17, 15) is 4.57 Å². The van der Waals surface area contributed by atoms with E-state index in [1.165, 1.54) is 36.2 Å². The van der Waals surface area contributed by atoms with Gasteiger partial charge >= 0.3 is 6.80 Å². The molecule has 0 aliphatic carbocycles. The van der Waals surface area contributed by atoms with Gasteiger partial charge in [-0.3, -0.25) is 4.52 Å². The van der Waals surface area contributed by atoms with E-state index in [0.29, 0.717) is 5.75 Å². The lowest BCUT2D eigenvalue weighted by atomic mass is 10.2. The van der Waals surface area contributed by atoms with E-state index in [1.807, 2.05) is 42.5 Å². The van der Waals surface area contributed by atoms with Crippen molar-refractivity contribution in [3.8, 4) is 5.75 Å². The second kappa shape index (κ2) is 11.0. The summed E-state index contributed by atoms with van der Waals surface area (Å²) in [6, 6.07) is 17.8. The number of unbranched alkanes of at least 4 members (excludes halogenated alkanes) is 3. The fourth-order valence-electron chi connectivity index (χ4n) is 2.14. The molecule has 1 atom stereocenters. The van der Waals surface area contributed by atoms with Crippen LogP contribution in [0, 0.1) is 0 Å². The Balaban J connectivity index is 1.88. The largest absolute Gasteiger partial charge is 0.439 e. The third-order valence-corrected chi connectivity index (χ3v) is 8.34. The third-order valence-electron chi connectivity index (χ3n) is 3.49. The molecule has 2 aromatic carbocycles. The summed E-state index contributed by atoms with van der Waals surface area (Å²) in [5.74, 6) is 1.36. The van der Waals surface area contributed by atoms with Crippen LogP contribution in [0.3, 0.4) is 0 Å². The second-order valence-corrected chi connectivity index (χ2v) is 10.9. The van der Waals surface area contributed by atoms with Crippen LogP contribution in [0.1, 0.15) is 32.6 Å². The van der Waals surface area contributed by atoms with Crippen molar-refractivity contribution in [1.82, 2.24) is 0 Å². The minimum atomic E-state index is -3.14. The summed E-state index contributed by atoms with van der Waals surface area (Å²) in [5.41, 5.74) is 0. The molecule has 2 rings (SSSR count). The van der Waals surface area contributed by atoms with Gasteiger partial charge in [0.15, 0.2) is 0 Å². The molecule has 0 bridgehead atoms. The van der Waals surface area contributed by atoms with Crippen molar-refractivity contribution < 1.29 is 13.6 Å². The smallest absolute Gasteiger partial charge is 0.417 e. The molecule has 2 aromatic rings. The number of benzene rings is 2. The zero-order valence-corrected chi connectivity index (χ0v) is 17.2. The van der Waals surface area contributed by atoms with Crippen LogP contribution < -0.4 is 4.52 Å². The molecular formula is C19H25O3PS2. The fourth-order valence-corrected chi connectivity index (χ4v) is 5.94. The Labute approximate surface area is 159 Å². The van der Waals surface area contributed by atoms with Crippen LogP contribution in [0.5, 0.6) is 5.75 Å². The molecule has 0 saturated heterocycles. The van der Waals surface area contributed by atoms with Gasteiger partial charge in [-0.15, -0.1) is 0 Å². The van der Waals surface area contributed by atoms with E-state index in [1.54, 1.807) is 11.8 Å². The van der Waals surface area contributed by atoms with Crippen molar-refractivity contribution in [3.63, 3.8) is 0 Å². The number of rotatable bonds is 11. The van der Waals surface area contributed by atoms with Gasteiger partial charge in [0.2, 0.25) is 0 Å². The summed E-state index contributed by atoms with van der Waals surface area (Å²) in [6.45, 7) is -0.966. The first-order chi connectivity index (χ1) is 12.1. The second-order valence-electron chi connectivity index (χ2n) is 5.50. The van der Waals surface area contributed by atoms with Crippen molar-refractivity contribution in [3.05, 3.63) is 54.6 Å². The van der Waals surface area contributed by atoms with Crippen LogP contribution in [0.4, 0.5) is 0 Å². The van der Waals surface area contributed by atoms with Gasteiger partial charge in [0.05, 0.1) is 0 Å². The van der Waals surface area contributed by atoms with Crippen molar-refractivity contribution in [2.24, 2.45) is 0 Å².